The molecule has 0 fully saturated rings. The van der Waals surface area contributed by atoms with Crippen LogP contribution in [0.5, 0.6) is 0 Å². The Hall–Kier alpha value is -1.79. The molecule has 0 unspecified atom stereocenters. The van der Waals surface area contributed by atoms with Crippen molar-refractivity contribution in [3.63, 3.8) is 0 Å². The van der Waals surface area contributed by atoms with Crippen LogP contribution in [-0.4, -0.2) is 42.6 Å². The Kier molecular flexibility index (Phi) is 3.93. The van der Waals surface area contributed by atoms with Gasteiger partial charge in [-0.1, -0.05) is 0 Å². The number of hydrogen-bond donors (Lipinski definition) is 1. The highest BCUT2D eigenvalue weighted by Gasteiger charge is 2.31. The first-order chi connectivity index (χ1) is 7.85. The molecule has 0 radical (unpaired) electrons. The Morgan fingerprint density at radius 2 is 2.18 bits per heavy atom. The number of amides is 1. The number of hydrogen-bond acceptors (Lipinski definition) is 3. The zero-order valence-corrected chi connectivity index (χ0v) is 9.38. The van der Waals surface area contributed by atoms with Gasteiger partial charge in [0.15, 0.2) is 0 Å². The molecule has 0 aromatic carbocycles. The summed E-state index contributed by atoms with van der Waals surface area (Å²) in [7, 11) is 2.67. The average molecular weight is 247 g/mol. The molecule has 1 amide bonds. The highest BCUT2D eigenvalue weighted by Crippen LogP contribution is 2.19. The Labute approximate surface area is 96.4 Å². The lowest BCUT2D eigenvalue weighted by Gasteiger charge is -2.20. The molecule has 17 heavy (non-hydrogen) atoms. The minimum Gasteiger partial charge on any atom is -0.386 e. The summed E-state index contributed by atoms with van der Waals surface area (Å²) < 4.78 is 36.4. The molecular formula is C10H12F3N3O. The van der Waals surface area contributed by atoms with Gasteiger partial charge in [0.05, 0.1) is 17.4 Å². The SMILES string of the molecule is CNc1cnccc1C(=O)N(C)CC(F)(F)F. The topological polar surface area (TPSA) is 45.2 Å². The van der Waals surface area contributed by atoms with E-state index in [9.17, 15) is 18.0 Å². The molecule has 0 aliphatic heterocycles. The molecule has 94 valence electrons. The first-order valence-corrected chi connectivity index (χ1v) is 4.79. The summed E-state index contributed by atoms with van der Waals surface area (Å²) in [6.07, 6.45) is -1.67. The third-order valence-electron chi connectivity index (χ3n) is 2.08. The van der Waals surface area contributed by atoms with Crippen LogP contribution in [0.1, 0.15) is 10.4 Å². The molecule has 1 heterocycles. The standard InChI is InChI=1S/C10H12F3N3O/c1-14-8-5-15-4-3-7(8)9(17)16(2)6-10(11,12)13/h3-5,14H,6H2,1-2H3. The van der Waals surface area contributed by atoms with E-state index in [1.807, 2.05) is 0 Å². The monoisotopic (exact) mass is 247 g/mol. The lowest BCUT2D eigenvalue weighted by Crippen LogP contribution is -2.36. The number of carbonyl (C=O) groups is 1. The Balaban J connectivity index is 2.89. The van der Waals surface area contributed by atoms with Crippen molar-refractivity contribution in [2.24, 2.45) is 0 Å². The van der Waals surface area contributed by atoms with Crippen LogP contribution in [0, 0.1) is 0 Å². The number of alkyl halides is 3. The molecule has 0 aliphatic carbocycles. The van der Waals surface area contributed by atoms with E-state index in [-0.39, 0.29) is 5.56 Å². The van der Waals surface area contributed by atoms with Crippen LogP contribution in [0.2, 0.25) is 0 Å². The fourth-order valence-corrected chi connectivity index (χ4v) is 1.33. The fourth-order valence-electron chi connectivity index (χ4n) is 1.33. The summed E-state index contributed by atoms with van der Waals surface area (Å²) in [4.78, 5) is 16.2. The minimum absolute atomic E-state index is 0.161. The van der Waals surface area contributed by atoms with Crippen LogP contribution in [0.25, 0.3) is 0 Å². The second-order valence-corrected chi connectivity index (χ2v) is 3.45. The average Bonchev–Trinajstić information content (AvgIpc) is 2.25. The van der Waals surface area contributed by atoms with E-state index in [0.717, 1.165) is 7.05 Å². The van der Waals surface area contributed by atoms with E-state index < -0.39 is 18.6 Å². The molecule has 1 N–H and O–H groups in total. The van der Waals surface area contributed by atoms with Crippen molar-refractivity contribution in [1.82, 2.24) is 9.88 Å². The first kappa shape index (κ1) is 13.3. The summed E-state index contributed by atoms with van der Waals surface area (Å²) in [6.45, 7) is -1.28. The normalized spacial score (nSPS) is 11.1. The van der Waals surface area contributed by atoms with Gasteiger partial charge in [0.1, 0.15) is 6.54 Å². The van der Waals surface area contributed by atoms with Crippen molar-refractivity contribution in [3.8, 4) is 0 Å². The maximum atomic E-state index is 12.1. The Morgan fingerprint density at radius 3 is 2.71 bits per heavy atom. The van der Waals surface area contributed by atoms with Crippen LogP contribution in [0.4, 0.5) is 18.9 Å². The quantitative estimate of drug-likeness (QED) is 0.885. The second kappa shape index (κ2) is 5.03. The smallest absolute Gasteiger partial charge is 0.386 e. The zero-order valence-electron chi connectivity index (χ0n) is 9.38. The molecule has 4 nitrogen and oxygen atoms in total. The predicted molar refractivity (Wildman–Crippen MR) is 56.8 cm³/mol. The highest BCUT2D eigenvalue weighted by atomic mass is 19.4. The van der Waals surface area contributed by atoms with Crippen LogP contribution < -0.4 is 5.32 Å². The van der Waals surface area contributed by atoms with E-state index in [0.29, 0.717) is 10.6 Å². The van der Waals surface area contributed by atoms with Gasteiger partial charge >= 0.3 is 6.18 Å². The van der Waals surface area contributed by atoms with E-state index in [1.54, 1.807) is 7.05 Å². The van der Waals surface area contributed by atoms with Gasteiger partial charge in [0, 0.05) is 20.3 Å². The minimum atomic E-state index is -4.41. The van der Waals surface area contributed by atoms with E-state index in [4.69, 9.17) is 0 Å². The van der Waals surface area contributed by atoms with Crippen molar-refractivity contribution in [3.05, 3.63) is 24.0 Å². The van der Waals surface area contributed by atoms with E-state index in [1.165, 1.54) is 18.5 Å². The lowest BCUT2D eigenvalue weighted by molar-refractivity contribution is -0.138. The van der Waals surface area contributed by atoms with Crippen LogP contribution in [-0.2, 0) is 0 Å². The summed E-state index contributed by atoms with van der Waals surface area (Å²) in [6, 6.07) is 1.38. The molecule has 0 saturated heterocycles. The van der Waals surface area contributed by atoms with Gasteiger partial charge in [0.25, 0.3) is 5.91 Å². The zero-order chi connectivity index (χ0) is 13.1. The fraction of sp³-hybridized carbons (Fsp3) is 0.400. The number of pyridine rings is 1. The van der Waals surface area contributed by atoms with Crippen LogP contribution in [0.3, 0.4) is 0 Å². The van der Waals surface area contributed by atoms with Crippen LogP contribution in [0.15, 0.2) is 18.5 Å². The summed E-state index contributed by atoms with van der Waals surface area (Å²) in [5.74, 6) is -0.700. The van der Waals surface area contributed by atoms with Crippen LogP contribution >= 0.6 is 0 Å². The molecule has 0 bridgehead atoms. The Morgan fingerprint density at radius 1 is 1.53 bits per heavy atom. The predicted octanol–water partition coefficient (Wildman–Crippen LogP) is 1.76. The van der Waals surface area contributed by atoms with Gasteiger partial charge in [-0.2, -0.15) is 13.2 Å². The second-order valence-electron chi connectivity index (χ2n) is 3.45. The van der Waals surface area contributed by atoms with Gasteiger partial charge in [-0.15, -0.1) is 0 Å². The molecule has 0 aliphatic rings. The molecule has 0 saturated carbocycles. The van der Waals surface area contributed by atoms with E-state index >= 15 is 0 Å². The van der Waals surface area contributed by atoms with Gasteiger partial charge < -0.3 is 10.2 Å². The number of nitrogens with zero attached hydrogens (tertiary/aromatic N) is 2. The van der Waals surface area contributed by atoms with Gasteiger partial charge in [-0.25, -0.2) is 0 Å². The maximum absolute atomic E-state index is 12.1. The molecule has 1 rings (SSSR count). The number of halogens is 3. The van der Waals surface area contributed by atoms with Crippen molar-refractivity contribution < 1.29 is 18.0 Å². The summed E-state index contributed by atoms with van der Waals surface area (Å²) >= 11 is 0. The molecule has 1 aromatic rings. The van der Waals surface area contributed by atoms with Gasteiger partial charge in [-0.05, 0) is 6.07 Å². The number of nitrogens with one attached hydrogen (secondary N) is 1. The van der Waals surface area contributed by atoms with E-state index in [2.05, 4.69) is 10.3 Å². The third kappa shape index (κ3) is 3.61. The van der Waals surface area contributed by atoms with Gasteiger partial charge in [0.2, 0.25) is 0 Å². The van der Waals surface area contributed by atoms with Crippen molar-refractivity contribution in [1.29, 1.82) is 0 Å². The lowest BCUT2D eigenvalue weighted by atomic mass is 10.2. The number of carbonyl (C=O) groups excluding carboxylic acids is 1. The molecule has 0 atom stereocenters. The highest BCUT2D eigenvalue weighted by molar-refractivity contribution is 5.99. The molecule has 1 aromatic heterocycles. The molecule has 7 heteroatoms. The van der Waals surface area contributed by atoms with Gasteiger partial charge in [-0.3, -0.25) is 9.78 Å². The number of rotatable bonds is 3. The third-order valence-corrected chi connectivity index (χ3v) is 2.08. The molecule has 0 spiro atoms. The van der Waals surface area contributed by atoms with Crippen molar-refractivity contribution >= 4 is 11.6 Å². The van der Waals surface area contributed by atoms with Crippen molar-refractivity contribution in [2.45, 2.75) is 6.18 Å². The molecular weight excluding hydrogens is 235 g/mol. The number of anilines is 1. The summed E-state index contributed by atoms with van der Waals surface area (Å²) in [5.41, 5.74) is 0.556. The first-order valence-electron chi connectivity index (χ1n) is 4.79. The number of aromatic nitrogens is 1. The maximum Gasteiger partial charge on any atom is 0.406 e. The summed E-state index contributed by atoms with van der Waals surface area (Å²) in [5, 5.41) is 2.70. The Bertz CT molecular complexity index is 406. The van der Waals surface area contributed by atoms with Crippen molar-refractivity contribution in [2.75, 3.05) is 26.0 Å². The largest absolute Gasteiger partial charge is 0.406 e.